The van der Waals surface area contributed by atoms with Crippen molar-refractivity contribution in [1.82, 2.24) is 15.2 Å². The van der Waals surface area contributed by atoms with Crippen LogP contribution in [0.2, 0.25) is 0 Å². The Labute approximate surface area is 135 Å². The largest absolute Gasteiger partial charge is 0.462 e. The van der Waals surface area contributed by atoms with Gasteiger partial charge in [0.05, 0.1) is 17.7 Å². The number of carbonyl (C=O) groups is 1. The first-order valence-electron chi connectivity index (χ1n) is 7.15. The number of fused-ring (bicyclic) bond motifs is 1. The third kappa shape index (κ3) is 3.17. The van der Waals surface area contributed by atoms with E-state index in [2.05, 4.69) is 19.9 Å². The highest BCUT2D eigenvalue weighted by Crippen LogP contribution is 2.28. The highest BCUT2D eigenvalue weighted by molar-refractivity contribution is 5.96. The summed E-state index contributed by atoms with van der Waals surface area (Å²) in [4.78, 5) is 16.0. The molecular weight excluding hydrogens is 320 g/mol. The molecule has 3 aromatic rings. The van der Waals surface area contributed by atoms with E-state index in [1.165, 1.54) is 18.3 Å². The number of alkyl halides is 2. The molecule has 0 radical (unpaired) electrons. The summed E-state index contributed by atoms with van der Waals surface area (Å²) < 4.78 is 34.0. The van der Waals surface area contributed by atoms with Gasteiger partial charge in [-0.15, -0.1) is 0 Å². The van der Waals surface area contributed by atoms with Gasteiger partial charge in [0.2, 0.25) is 0 Å². The number of ether oxygens (including phenoxy) is 2. The smallest absolute Gasteiger partial charge is 0.387 e. The number of halogens is 2. The molecule has 0 fully saturated rings. The van der Waals surface area contributed by atoms with Gasteiger partial charge in [0.25, 0.3) is 0 Å². The minimum atomic E-state index is -2.90. The molecule has 8 heteroatoms. The fourth-order valence-electron chi connectivity index (χ4n) is 2.25. The van der Waals surface area contributed by atoms with Crippen LogP contribution in [0.4, 0.5) is 8.78 Å². The minimum Gasteiger partial charge on any atom is -0.462 e. The van der Waals surface area contributed by atoms with Gasteiger partial charge in [0.1, 0.15) is 17.0 Å². The molecule has 1 aromatic carbocycles. The molecule has 0 saturated heterocycles. The SMILES string of the molecule is CCOC(=O)c1cnc2c(-c3cccc(OC(F)F)c3)n[nH]c2c1. The third-order valence-electron chi connectivity index (χ3n) is 3.24. The van der Waals surface area contributed by atoms with Crippen molar-refractivity contribution in [3.05, 3.63) is 42.1 Å². The number of aromatic nitrogens is 3. The molecule has 0 saturated carbocycles. The Morgan fingerprint density at radius 1 is 1.33 bits per heavy atom. The van der Waals surface area contributed by atoms with Crippen molar-refractivity contribution >= 4 is 17.0 Å². The van der Waals surface area contributed by atoms with E-state index in [4.69, 9.17) is 4.74 Å². The average Bonchev–Trinajstić information content (AvgIpc) is 2.97. The number of benzene rings is 1. The summed E-state index contributed by atoms with van der Waals surface area (Å²) in [5.74, 6) is -0.447. The molecule has 24 heavy (non-hydrogen) atoms. The van der Waals surface area contributed by atoms with Crippen LogP contribution in [0.3, 0.4) is 0 Å². The maximum Gasteiger partial charge on any atom is 0.387 e. The lowest BCUT2D eigenvalue weighted by Crippen LogP contribution is -2.04. The average molecular weight is 333 g/mol. The first-order chi connectivity index (χ1) is 11.6. The Hall–Kier alpha value is -3.03. The van der Waals surface area contributed by atoms with Gasteiger partial charge < -0.3 is 9.47 Å². The number of nitrogens with one attached hydrogen (secondary N) is 1. The van der Waals surface area contributed by atoms with Gasteiger partial charge in [-0.2, -0.15) is 13.9 Å². The van der Waals surface area contributed by atoms with Crippen molar-refractivity contribution in [2.45, 2.75) is 13.5 Å². The van der Waals surface area contributed by atoms with Gasteiger partial charge in [-0.25, -0.2) is 4.79 Å². The Balaban J connectivity index is 1.98. The second-order valence-electron chi connectivity index (χ2n) is 4.82. The quantitative estimate of drug-likeness (QED) is 0.724. The number of carbonyl (C=O) groups excluding carboxylic acids is 1. The van der Waals surface area contributed by atoms with Crippen molar-refractivity contribution in [2.75, 3.05) is 6.61 Å². The zero-order chi connectivity index (χ0) is 17.1. The maximum atomic E-state index is 12.3. The number of hydrogen-bond acceptors (Lipinski definition) is 5. The van der Waals surface area contributed by atoms with Crippen LogP contribution in [0, 0.1) is 0 Å². The lowest BCUT2D eigenvalue weighted by atomic mass is 10.1. The van der Waals surface area contributed by atoms with E-state index in [-0.39, 0.29) is 12.4 Å². The van der Waals surface area contributed by atoms with Crippen molar-refractivity contribution < 1.29 is 23.0 Å². The molecule has 124 valence electrons. The molecule has 0 unspecified atom stereocenters. The molecule has 2 aromatic heterocycles. The molecular formula is C16H13F2N3O3. The molecule has 0 aliphatic heterocycles. The number of pyridine rings is 1. The lowest BCUT2D eigenvalue weighted by Gasteiger charge is -2.05. The predicted octanol–water partition coefficient (Wildman–Crippen LogP) is 3.40. The van der Waals surface area contributed by atoms with E-state index in [1.54, 1.807) is 25.1 Å². The van der Waals surface area contributed by atoms with Crippen LogP contribution in [0.25, 0.3) is 22.3 Å². The highest BCUT2D eigenvalue weighted by atomic mass is 19.3. The number of H-pyrrole nitrogens is 1. The first-order valence-corrected chi connectivity index (χ1v) is 7.15. The van der Waals surface area contributed by atoms with E-state index >= 15 is 0 Å². The molecule has 0 bridgehead atoms. The van der Waals surface area contributed by atoms with Gasteiger partial charge in [-0.05, 0) is 25.1 Å². The number of rotatable bonds is 5. The summed E-state index contributed by atoms with van der Waals surface area (Å²) >= 11 is 0. The maximum absolute atomic E-state index is 12.3. The Kier molecular flexibility index (Phi) is 4.37. The van der Waals surface area contributed by atoms with Crippen molar-refractivity contribution in [3.63, 3.8) is 0 Å². The Morgan fingerprint density at radius 3 is 2.92 bits per heavy atom. The fourth-order valence-corrected chi connectivity index (χ4v) is 2.25. The molecule has 6 nitrogen and oxygen atoms in total. The van der Waals surface area contributed by atoms with Gasteiger partial charge in [0, 0.05) is 11.8 Å². The van der Waals surface area contributed by atoms with Crippen LogP contribution in [-0.4, -0.2) is 34.4 Å². The number of nitrogens with zero attached hydrogens (tertiary/aromatic N) is 2. The normalized spacial score (nSPS) is 11.0. The fraction of sp³-hybridized carbons (Fsp3) is 0.188. The van der Waals surface area contributed by atoms with Gasteiger partial charge >= 0.3 is 12.6 Å². The van der Waals surface area contributed by atoms with Crippen LogP contribution in [0.5, 0.6) is 5.75 Å². The van der Waals surface area contributed by atoms with E-state index in [0.29, 0.717) is 27.9 Å². The monoisotopic (exact) mass is 333 g/mol. The molecule has 0 aliphatic rings. The van der Waals surface area contributed by atoms with Crippen LogP contribution in [0.15, 0.2) is 36.5 Å². The van der Waals surface area contributed by atoms with Crippen LogP contribution in [-0.2, 0) is 4.74 Å². The van der Waals surface area contributed by atoms with E-state index in [0.717, 1.165) is 0 Å². The minimum absolute atomic E-state index is 0.0294. The predicted molar refractivity (Wildman–Crippen MR) is 81.9 cm³/mol. The zero-order valence-electron chi connectivity index (χ0n) is 12.6. The summed E-state index contributed by atoms with van der Waals surface area (Å²) in [6, 6.07) is 7.74. The van der Waals surface area contributed by atoms with E-state index < -0.39 is 12.6 Å². The molecule has 3 rings (SSSR count). The Bertz CT molecular complexity index is 880. The van der Waals surface area contributed by atoms with Crippen molar-refractivity contribution in [3.8, 4) is 17.0 Å². The second-order valence-corrected chi connectivity index (χ2v) is 4.82. The number of aromatic amines is 1. The van der Waals surface area contributed by atoms with Crippen LogP contribution < -0.4 is 4.74 Å². The molecule has 0 atom stereocenters. The zero-order valence-corrected chi connectivity index (χ0v) is 12.6. The Morgan fingerprint density at radius 2 is 2.17 bits per heavy atom. The third-order valence-corrected chi connectivity index (χ3v) is 3.24. The topological polar surface area (TPSA) is 77.1 Å². The van der Waals surface area contributed by atoms with Crippen LogP contribution >= 0.6 is 0 Å². The second kappa shape index (κ2) is 6.61. The molecule has 1 N–H and O–H groups in total. The molecule has 0 aliphatic carbocycles. The molecule has 2 heterocycles. The van der Waals surface area contributed by atoms with E-state index in [9.17, 15) is 13.6 Å². The molecule has 0 spiro atoms. The van der Waals surface area contributed by atoms with Gasteiger partial charge in [0.15, 0.2) is 0 Å². The number of hydrogen-bond donors (Lipinski definition) is 1. The summed E-state index contributed by atoms with van der Waals surface area (Å²) in [5, 5.41) is 6.92. The van der Waals surface area contributed by atoms with Crippen LogP contribution in [0.1, 0.15) is 17.3 Å². The van der Waals surface area contributed by atoms with E-state index in [1.807, 2.05) is 0 Å². The highest BCUT2D eigenvalue weighted by Gasteiger charge is 2.14. The molecule has 0 amide bonds. The summed E-state index contributed by atoms with van der Waals surface area (Å²) in [5.41, 5.74) is 2.39. The van der Waals surface area contributed by atoms with Crippen molar-refractivity contribution in [1.29, 1.82) is 0 Å². The first kappa shape index (κ1) is 15.9. The van der Waals surface area contributed by atoms with Crippen molar-refractivity contribution in [2.24, 2.45) is 0 Å². The standard InChI is InChI=1S/C16H13F2N3O3/c1-2-23-15(22)10-7-12-14(19-8-10)13(21-20-12)9-4-3-5-11(6-9)24-16(17)18/h3-8,16H,2H2,1H3,(H,20,21). The number of esters is 1. The summed E-state index contributed by atoms with van der Waals surface area (Å²) in [7, 11) is 0. The summed E-state index contributed by atoms with van der Waals surface area (Å²) in [6.07, 6.45) is 1.39. The lowest BCUT2D eigenvalue weighted by molar-refractivity contribution is -0.0498. The van der Waals surface area contributed by atoms with Gasteiger partial charge in [-0.3, -0.25) is 10.1 Å². The van der Waals surface area contributed by atoms with Gasteiger partial charge in [-0.1, -0.05) is 12.1 Å². The summed E-state index contributed by atoms with van der Waals surface area (Å²) in [6.45, 7) is -0.921.